The van der Waals surface area contributed by atoms with E-state index in [4.69, 9.17) is 17.3 Å². The standard InChI is InChI=1S/C8H8ClF3N2O2S/c9-5-2-1-3-6(13)7(5)17(15,16)14-4-8(10,11)12/h1-3,14H,4,13H2. The van der Waals surface area contributed by atoms with Crippen LogP contribution in [0.15, 0.2) is 23.1 Å². The summed E-state index contributed by atoms with van der Waals surface area (Å²) in [6.07, 6.45) is -4.65. The maximum absolute atomic E-state index is 11.9. The van der Waals surface area contributed by atoms with Crippen LogP contribution >= 0.6 is 11.6 Å². The fourth-order valence-electron chi connectivity index (χ4n) is 1.06. The molecule has 9 heteroatoms. The second-order valence-corrected chi connectivity index (χ2v) is 5.21. The molecular formula is C8H8ClF3N2O2S. The van der Waals surface area contributed by atoms with E-state index in [0.29, 0.717) is 0 Å². The van der Waals surface area contributed by atoms with E-state index < -0.39 is 27.6 Å². The Balaban J connectivity index is 3.06. The SMILES string of the molecule is Nc1cccc(Cl)c1S(=O)(=O)NCC(F)(F)F. The van der Waals surface area contributed by atoms with Crippen molar-refractivity contribution in [3.63, 3.8) is 0 Å². The number of benzene rings is 1. The smallest absolute Gasteiger partial charge is 0.398 e. The molecule has 4 nitrogen and oxygen atoms in total. The number of nitrogens with two attached hydrogens (primary N) is 1. The average molecular weight is 289 g/mol. The molecule has 0 spiro atoms. The molecular weight excluding hydrogens is 281 g/mol. The normalized spacial score (nSPS) is 12.7. The highest BCUT2D eigenvalue weighted by Crippen LogP contribution is 2.27. The highest BCUT2D eigenvalue weighted by atomic mass is 35.5. The van der Waals surface area contributed by atoms with Crippen LogP contribution in [0.1, 0.15) is 0 Å². The Kier molecular flexibility index (Phi) is 3.90. The first kappa shape index (κ1) is 14.1. The van der Waals surface area contributed by atoms with Crippen LogP contribution in [0.5, 0.6) is 0 Å². The van der Waals surface area contributed by atoms with E-state index in [0.717, 1.165) is 0 Å². The van der Waals surface area contributed by atoms with E-state index in [1.807, 2.05) is 0 Å². The number of hydrogen-bond donors (Lipinski definition) is 2. The number of halogens is 4. The molecule has 0 atom stereocenters. The van der Waals surface area contributed by atoms with Crippen molar-refractivity contribution in [1.29, 1.82) is 0 Å². The lowest BCUT2D eigenvalue weighted by atomic mass is 10.3. The van der Waals surface area contributed by atoms with Crippen molar-refractivity contribution in [1.82, 2.24) is 4.72 Å². The van der Waals surface area contributed by atoms with Crippen LogP contribution in [-0.4, -0.2) is 21.1 Å². The van der Waals surface area contributed by atoms with Gasteiger partial charge in [-0.15, -0.1) is 0 Å². The Morgan fingerprint density at radius 2 is 1.94 bits per heavy atom. The molecule has 0 heterocycles. The lowest BCUT2D eigenvalue weighted by molar-refractivity contribution is -0.121. The van der Waals surface area contributed by atoms with Crippen molar-refractivity contribution >= 4 is 27.3 Å². The summed E-state index contributed by atoms with van der Waals surface area (Å²) >= 11 is 5.58. The maximum atomic E-state index is 11.9. The van der Waals surface area contributed by atoms with Crippen molar-refractivity contribution in [2.45, 2.75) is 11.1 Å². The van der Waals surface area contributed by atoms with Gasteiger partial charge in [0.25, 0.3) is 0 Å². The first-order valence-corrected chi connectivity index (χ1v) is 6.10. The van der Waals surface area contributed by atoms with Gasteiger partial charge in [-0.05, 0) is 12.1 Å². The molecule has 96 valence electrons. The van der Waals surface area contributed by atoms with Crippen LogP contribution < -0.4 is 10.5 Å². The summed E-state index contributed by atoms with van der Waals surface area (Å²) in [6.45, 7) is -1.68. The van der Waals surface area contributed by atoms with Crippen LogP contribution in [0, 0.1) is 0 Å². The molecule has 0 saturated carbocycles. The number of rotatable bonds is 3. The topological polar surface area (TPSA) is 72.2 Å². The summed E-state index contributed by atoms with van der Waals surface area (Å²) in [5.41, 5.74) is 5.15. The average Bonchev–Trinajstić information content (AvgIpc) is 2.13. The lowest BCUT2D eigenvalue weighted by Gasteiger charge is -2.11. The van der Waals surface area contributed by atoms with Crippen molar-refractivity contribution < 1.29 is 21.6 Å². The van der Waals surface area contributed by atoms with E-state index in [1.165, 1.54) is 22.9 Å². The van der Waals surface area contributed by atoms with E-state index in [9.17, 15) is 21.6 Å². The molecule has 0 saturated heterocycles. The van der Waals surface area contributed by atoms with Gasteiger partial charge >= 0.3 is 6.18 Å². The van der Waals surface area contributed by atoms with Crippen molar-refractivity contribution in [3.05, 3.63) is 23.2 Å². The third kappa shape index (κ3) is 3.76. The third-order valence-corrected chi connectivity index (χ3v) is 3.67. The number of anilines is 1. The van der Waals surface area contributed by atoms with Crippen LogP contribution in [0.3, 0.4) is 0 Å². The second kappa shape index (κ2) is 4.71. The number of sulfonamides is 1. The Morgan fingerprint density at radius 1 is 1.35 bits per heavy atom. The first-order valence-electron chi connectivity index (χ1n) is 4.24. The summed E-state index contributed by atoms with van der Waals surface area (Å²) in [5, 5.41) is -0.236. The van der Waals surface area contributed by atoms with Gasteiger partial charge in [-0.25, -0.2) is 13.1 Å². The van der Waals surface area contributed by atoms with E-state index in [2.05, 4.69) is 0 Å². The third-order valence-electron chi connectivity index (χ3n) is 1.73. The molecule has 0 fully saturated rings. The molecule has 0 aliphatic heterocycles. The van der Waals surface area contributed by atoms with Crippen molar-refractivity contribution in [2.75, 3.05) is 12.3 Å². The van der Waals surface area contributed by atoms with Gasteiger partial charge in [0.05, 0.1) is 10.7 Å². The molecule has 1 aromatic carbocycles. The number of alkyl halides is 3. The maximum Gasteiger partial charge on any atom is 0.402 e. The van der Waals surface area contributed by atoms with Gasteiger partial charge in [0, 0.05) is 0 Å². The molecule has 0 amide bonds. The van der Waals surface area contributed by atoms with Crippen LogP contribution in [0.4, 0.5) is 18.9 Å². The zero-order valence-corrected chi connectivity index (χ0v) is 9.83. The summed E-state index contributed by atoms with van der Waals surface area (Å²) in [5.74, 6) is 0. The molecule has 0 radical (unpaired) electrons. The summed E-state index contributed by atoms with van der Waals surface area (Å²) in [6, 6.07) is 3.84. The van der Waals surface area contributed by atoms with Gasteiger partial charge in [0.2, 0.25) is 10.0 Å². The van der Waals surface area contributed by atoms with Crippen LogP contribution in [-0.2, 0) is 10.0 Å². The van der Waals surface area contributed by atoms with Gasteiger partial charge < -0.3 is 5.73 Å². The largest absolute Gasteiger partial charge is 0.402 e. The second-order valence-electron chi connectivity index (χ2n) is 3.10. The van der Waals surface area contributed by atoms with Gasteiger partial charge in [0.15, 0.2) is 0 Å². The Labute approximate surface area is 101 Å². The number of hydrogen-bond acceptors (Lipinski definition) is 3. The molecule has 0 aromatic heterocycles. The predicted molar refractivity (Wildman–Crippen MR) is 57.1 cm³/mol. The zero-order chi connectivity index (χ0) is 13.3. The van der Waals surface area contributed by atoms with Gasteiger partial charge in [-0.2, -0.15) is 13.2 Å². The van der Waals surface area contributed by atoms with Gasteiger partial charge in [-0.3, -0.25) is 0 Å². The summed E-state index contributed by atoms with van der Waals surface area (Å²) in [7, 11) is -4.38. The Bertz CT molecular complexity index is 496. The highest BCUT2D eigenvalue weighted by Gasteiger charge is 2.31. The summed E-state index contributed by atoms with van der Waals surface area (Å²) < 4.78 is 60.2. The molecule has 17 heavy (non-hydrogen) atoms. The fraction of sp³-hybridized carbons (Fsp3) is 0.250. The van der Waals surface area contributed by atoms with Gasteiger partial charge in [-0.1, -0.05) is 17.7 Å². The zero-order valence-electron chi connectivity index (χ0n) is 8.25. The quantitative estimate of drug-likeness (QED) is 0.833. The highest BCUT2D eigenvalue weighted by molar-refractivity contribution is 7.89. The minimum atomic E-state index is -4.65. The number of nitrogens with one attached hydrogen (secondary N) is 1. The van der Waals surface area contributed by atoms with E-state index in [-0.39, 0.29) is 10.7 Å². The Morgan fingerprint density at radius 3 is 2.41 bits per heavy atom. The van der Waals surface area contributed by atoms with Crippen molar-refractivity contribution in [3.8, 4) is 0 Å². The Hall–Kier alpha value is -0.990. The minimum Gasteiger partial charge on any atom is -0.398 e. The molecule has 1 rings (SSSR count). The summed E-state index contributed by atoms with van der Waals surface area (Å²) in [4.78, 5) is -0.550. The van der Waals surface area contributed by atoms with Crippen LogP contribution in [0.2, 0.25) is 5.02 Å². The van der Waals surface area contributed by atoms with Gasteiger partial charge in [0.1, 0.15) is 11.4 Å². The molecule has 0 aliphatic carbocycles. The lowest BCUT2D eigenvalue weighted by Crippen LogP contribution is -2.34. The van der Waals surface area contributed by atoms with E-state index in [1.54, 1.807) is 0 Å². The number of nitrogen functional groups attached to an aromatic ring is 1. The monoisotopic (exact) mass is 288 g/mol. The predicted octanol–water partition coefficient (Wildman–Crippen LogP) is 1.76. The molecule has 0 bridgehead atoms. The fourth-order valence-corrected chi connectivity index (χ4v) is 2.75. The molecule has 3 N–H and O–H groups in total. The van der Waals surface area contributed by atoms with E-state index >= 15 is 0 Å². The molecule has 1 aromatic rings. The molecule has 0 unspecified atom stereocenters. The first-order chi connectivity index (χ1) is 7.63. The molecule has 0 aliphatic rings. The van der Waals surface area contributed by atoms with Crippen molar-refractivity contribution in [2.24, 2.45) is 0 Å². The van der Waals surface area contributed by atoms with Crippen LogP contribution in [0.25, 0.3) is 0 Å². The minimum absolute atomic E-state index is 0.216.